The van der Waals surface area contributed by atoms with Crippen molar-refractivity contribution in [2.75, 3.05) is 11.4 Å². The first-order valence-corrected chi connectivity index (χ1v) is 9.52. The fourth-order valence-electron chi connectivity index (χ4n) is 4.77. The maximum atomic E-state index is 2.74. The molecular weight excluding hydrogens is 278 g/mol. The predicted molar refractivity (Wildman–Crippen MR) is 104 cm³/mol. The lowest BCUT2D eigenvalue weighted by Gasteiger charge is -2.38. The summed E-state index contributed by atoms with van der Waals surface area (Å²) < 4.78 is 0. The summed E-state index contributed by atoms with van der Waals surface area (Å²) in [6.45, 7) is 20.2. The molecular formula is C22H37N. The average Bonchev–Trinajstić information content (AvgIpc) is 2.67. The van der Waals surface area contributed by atoms with Gasteiger partial charge in [0, 0.05) is 17.8 Å². The molecule has 23 heavy (non-hydrogen) atoms. The number of hydrogen-bond donors (Lipinski definition) is 0. The second-order valence-corrected chi connectivity index (χ2v) is 9.23. The molecule has 0 radical (unpaired) electrons. The van der Waals surface area contributed by atoms with Crippen LogP contribution in [0.25, 0.3) is 0 Å². The molecule has 1 saturated heterocycles. The molecule has 1 heterocycles. The number of hydrogen-bond acceptors (Lipinski definition) is 1. The summed E-state index contributed by atoms with van der Waals surface area (Å²) in [5.74, 6) is 1.13. The maximum absolute atomic E-state index is 2.74. The van der Waals surface area contributed by atoms with Crippen molar-refractivity contribution < 1.29 is 0 Å². The van der Waals surface area contributed by atoms with Crippen molar-refractivity contribution in [2.45, 2.75) is 92.0 Å². The second kappa shape index (κ2) is 6.49. The quantitative estimate of drug-likeness (QED) is 0.582. The fourth-order valence-corrected chi connectivity index (χ4v) is 4.77. The first-order chi connectivity index (χ1) is 10.6. The van der Waals surface area contributed by atoms with Crippen LogP contribution in [0.5, 0.6) is 0 Å². The van der Waals surface area contributed by atoms with Gasteiger partial charge in [-0.2, -0.15) is 0 Å². The third-order valence-corrected chi connectivity index (χ3v) is 5.60. The molecule has 2 rings (SSSR count). The van der Waals surface area contributed by atoms with Crippen LogP contribution in [-0.2, 0) is 0 Å². The van der Waals surface area contributed by atoms with Crippen molar-refractivity contribution in [3.63, 3.8) is 0 Å². The van der Waals surface area contributed by atoms with Crippen LogP contribution in [-0.4, -0.2) is 12.1 Å². The maximum Gasteiger partial charge on any atom is 0.0441 e. The zero-order chi connectivity index (χ0) is 17.4. The van der Waals surface area contributed by atoms with Crippen LogP contribution in [0, 0.1) is 5.41 Å². The van der Waals surface area contributed by atoms with E-state index in [9.17, 15) is 0 Å². The number of nitrogens with zero attached hydrogens (tertiary/aromatic N) is 1. The molecule has 0 amide bonds. The minimum absolute atomic E-state index is 0.235. The Labute approximate surface area is 144 Å². The molecule has 0 N–H and O–H groups in total. The van der Waals surface area contributed by atoms with Crippen LogP contribution in [0.15, 0.2) is 18.2 Å². The van der Waals surface area contributed by atoms with Gasteiger partial charge in [-0.25, -0.2) is 0 Å². The Morgan fingerprint density at radius 3 is 1.96 bits per heavy atom. The van der Waals surface area contributed by atoms with Crippen LogP contribution < -0.4 is 4.90 Å². The predicted octanol–water partition coefficient (Wildman–Crippen LogP) is 6.73. The lowest BCUT2D eigenvalue weighted by Crippen LogP contribution is -2.39. The van der Waals surface area contributed by atoms with Gasteiger partial charge in [0.15, 0.2) is 0 Å². The van der Waals surface area contributed by atoms with Gasteiger partial charge in [0.1, 0.15) is 0 Å². The monoisotopic (exact) mass is 315 g/mol. The zero-order valence-electron chi connectivity index (χ0n) is 16.7. The van der Waals surface area contributed by atoms with Crippen molar-refractivity contribution in [1.29, 1.82) is 0 Å². The van der Waals surface area contributed by atoms with E-state index in [4.69, 9.17) is 0 Å². The fraction of sp³-hybridized carbons (Fsp3) is 0.727. The Hall–Kier alpha value is -0.980. The molecule has 130 valence electrons. The molecule has 1 fully saturated rings. The molecule has 1 aromatic carbocycles. The van der Waals surface area contributed by atoms with Gasteiger partial charge in [-0.1, -0.05) is 66.2 Å². The van der Waals surface area contributed by atoms with Gasteiger partial charge < -0.3 is 4.90 Å². The van der Waals surface area contributed by atoms with Crippen molar-refractivity contribution in [3.05, 3.63) is 29.3 Å². The summed E-state index contributed by atoms with van der Waals surface area (Å²) in [6, 6.07) is 6.94. The molecule has 1 aliphatic rings. The molecule has 0 saturated carbocycles. The summed E-state index contributed by atoms with van der Waals surface area (Å²) in [7, 11) is 0. The molecule has 0 aliphatic carbocycles. The van der Waals surface area contributed by atoms with E-state index in [1.54, 1.807) is 0 Å². The SMILES string of the molecule is CCCC1(C)CN(c2c(C(C)C)cccc2C(C)C)C(C)(C)C1. The smallest absolute Gasteiger partial charge is 0.0441 e. The molecule has 1 aromatic rings. The van der Waals surface area contributed by atoms with Crippen LogP contribution in [0.4, 0.5) is 5.69 Å². The van der Waals surface area contributed by atoms with Crippen molar-refractivity contribution >= 4 is 5.69 Å². The number of benzene rings is 1. The first kappa shape index (κ1) is 18.4. The summed E-state index contributed by atoms with van der Waals surface area (Å²) in [5, 5.41) is 0. The third kappa shape index (κ3) is 3.59. The average molecular weight is 316 g/mol. The van der Waals surface area contributed by atoms with Crippen LogP contribution in [0.2, 0.25) is 0 Å². The molecule has 0 aromatic heterocycles. The van der Waals surface area contributed by atoms with Gasteiger partial charge in [-0.15, -0.1) is 0 Å². The zero-order valence-corrected chi connectivity index (χ0v) is 16.7. The molecule has 1 atom stereocenters. The summed E-state index contributed by atoms with van der Waals surface area (Å²) in [4.78, 5) is 2.74. The van der Waals surface area contributed by atoms with Crippen molar-refractivity contribution in [2.24, 2.45) is 5.41 Å². The van der Waals surface area contributed by atoms with E-state index in [0.29, 0.717) is 17.3 Å². The summed E-state index contributed by atoms with van der Waals surface area (Å²) in [6.07, 6.45) is 3.90. The Kier molecular flexibility index (Phi) is 5.18. The van der Waals surface area contributed by atoms with Crippen molar-refractivity contribution in [1.82, 2.24) is 0 Å². The molecule has 1 nitrogen and oxygen atoms in total. The molecule has 0 spiro atoms. The summed E-state index contributed by atoms with van der Waals surface area (Å²) in [5.41, 5.74) is 5.24. The van der Waals surface area contributed by atoms with E-state index >= 15 is 0 Å². The van der Waals surface area contributed by atoms with E-state index in [1.165, 1.54) is 42.6 Å². The third-order valence-electron chi connectivity index (χ3n) is 5.60. The van der Waals surface area contributed by atoms with Gasteiger partial charge in [-0.3, -0.25) is 0 Å². The lowest BCUT2D eigenvalue weighted by molar-refractivity contribution is 0.306. The van der Waals surface area contributed by atoms with E-state index in [0.717, 1.165) is 0 Å². The minimum Gasteiger partial charge on any atom is -0.365 e. The highest BCUT2D eigenvalue weighted by atomic mass is 15.2. The first-order valence-electron chi connectivity index (χ1n) is 9.52. The highest BCUT2D eigenvalue weighted by molar-refractivity contribution is 5.64. The molecule has 1 unspecified atom stereocenters. The molecule has 1 aliphatic heterocycles. The van der Waals surface area contributed by atoms with Gasteiger partial charge in [-0.05, 0) is 55.1 Å². The van der Waals surface area contributed by atoms with Crippen LogP contribution in [0.1, 0.15) is 97.6 Å². The Balaban J connectivity index is 2.56. The van der Waals surface area contributed by atoms with Gasteiger partial charge in [0.2, 0.25) is 0 Å². The minimum atomic E-state index is 0.235. The molecule has 1 heteroatoms. The lowest BCUT2D eigenvalue weighted by atomic mass is 9.80. The Morgan fingerprint density at radius 2 is 1.52 bits per heavy atom. The topological polar surface area (TPSA) is 3.24 Å². The largest absolute Gasteiger partial charge is 0.365 e. The van der Waals surface area contributed by atoms with Gasteiger partial charge >= 0.3 is 0 Å². The number of para-hydroxylation sites is 1. The Morgan fingerprint density at radius 1 is 1.00 bits per heavy atom. The van der Waals surface area contributed by atoms with E-state index in [2.05, 4.69) is 78.5 Å². The van der Waals surface area contributed by atoms with Crippen LogP contribution in [0.3, 0.4) is 0 Å². The highest BCUT2D eigenvalue weighted by Gasteiger charge is 2.46. The van der Waals surface area contributed by atoms with E-state index in [1.807, 2.05) is 0 Å². The second-order valence-electron chi connectivity index (χ2n) is 9.23. The Bertz CT molecular complexity index is 515. The highest BCUT2D eigenvalue weighted by Crippen LogP contribution is 2.49. The van der Waals surface area contributed by atoms with Crippen LogP contribution >= 0.6 is 0 Å². The number of anilines is 1. The van der Waals surface area contributed by atoms with Crippen molar-refractivity contribution in [3.8, 4) is 0 Å². The summed E-state index contributed by atoms with van der Waals surface area (Å²) >= 11 is 0. The normalized spacial score (nSPS) is 24.0. The number of rotatable bonds is 5. The van der Waals surface area contributed by atoms with E-state index < -0.39 is 0 Å². The van der Waals surface area contributed by atoms with Gasteiger partial charge in [0.05, 0.1) is 0 Å². The van der Waals surface area contributed by atoms with Gasteiger partial charge in [0.25, 0.3) is 0 Å². The molecule has 0 bridgehead atoms. The standard InChI is InChI=1S/C22H37N/c1-9-13-22(8)14-21(6,7)23(15-22)20-18(16(2)3)11-10-12-19(20)17(4)5/h10-12,16-17H,9,13-15H2,1-8H3. The van der Waals surface area contributed by atoms with E-state index in [-0.39, 0.29) is 5.54 Å².